The molecular formula is C20H27N3O4. The summed E-state index contributed by atoms with van der Waals surface area (Å²) in [5, 5.41) is 0. The van der Waals surface area contributed by atoms with Crippen molar-refractivity contribution in [2.75, 3.05) is 19.7 Å². The van der Waals surface area contributed by atoms with Crippen LogP contribution in [0.5, 0.6) is 0 Å². The zero-order valence-corrected chi connectivity index (χ0v) is 16.4. The molecule has 2 aromatic rings. The molecule has 1 N–H and O–H groups in total. The molecule has 1 fully saturated rings. The van der Waals surface area contributed by atoms with Gasteiger partial charge in [0.15, 0.2) is 0 Å². The minimum absolute atomic E-state index is 0.226. The summed E-state index contributed by atoms with van der Waals surface area (Å²) >= 11 is 0. The number of hydrogen-bond donors (Lipinski definition) is 1. The number of fused-ring (bicyclic) bond motifs is 1. The average molecular weight is 373 g/mol. The quantitative estimate of drug-likeness (QED) is 0.826. The number of carbonyl (C=O) groups is 2. The summed E-state index contributed by atoms with van der Waals surface area (Å²) in [5.74, 6) is 0.145. The SMILES string of the molecule is CCOC(=O)c1nc2ccc(C3CCN(C(=O)OC(C)(C)C)CC3)cc2[nH]1. The van der Waals surface area contributed by atoms with Gasteiger partial charge in [-0.15, -0.1) is 0 Å². The van der Waals surface area contributed by atoms with Crippen LogP contribution in [0, 0.1) is 0 Å². The second-order valence-electron chi connectivity index (χ2n) is 7.82. The Morgan fingerprint density at radius 2 is 1.96 bits per heavy atom. The van der Waals surface area contributed by atoms with Gasteiger partial charge in [-0.25, -0.2) is 14.6 Å². The highest BCUT2D eigenvalue weighted by Gasteiger charge is 2.27. The molecule has 27 heavy (non-hydrogen) atoms. The Hall–Kier alpha value is -2.57. The number of aromatic amines is 1. The van der Waals surface area contributed by atoms with Gasteiger partial charge in [-0.1, -0.05) is 6.07 Å². The molecule has 146 valence electrons. The zero-order valence-electron chi connectivity index (χ0n) is 16.4. The van der Waals surface area contributed by atoms with Crippen molar-refractivity contribution < 1.29 is 19.1 Å². The number of benzene rings is 1. The fraction of sp³-hybridized carbons (Fsp3) is 0.550. The molecular weight excluding hydrogens is 346 g/mol. The van der Waals surface area contributed by atoms with Crippen molar-refractivity contribution in [2.45, 2.75) is 52.1 Å². The summed E-state index contributed by atoms with van der Waals surface area (Å²) in [6.07, 6.45) is 1.51. The number of carbonyl (C=O) groups excluding carboxylic acids is 2. The van der Waals surface area contributed by atoms with E-state index < -0.39 is 11.6 Å². The van der Waals surface area contributed by atoms with Gasteiger partial charge in [0.1, 0.15) is 5.60 Å². The van der Waals surface area contributed by atoms with Crippen LogP contribution in [-0.4, -0.2) is 52.2 Å². The van der Waals surface area contributed by atoms with Crippen LogP contribution in [0.1, 0.15) is 62.6 Å². The maximum absolute atomic E-state index is 12.2. The lowest BCUT2D eigenvalue weighted by molar-refractivity contribution is 0.0204. The normalized spacial score (nSPS) is 15.8. The van der Waals surface area contributed by atoms with E-state index in [1.807, 2.05) is 39.0 Å². The molecule has 0 aliphatic carbocycles. The van der Waals surface area contributed by atoms with Gasteiger partial charge in [-0.2, -0.15) is 0 Å². The smallest absolute Gasteiger partial charge is 0.410 e. The van der Waals surface area contributed by atoms with E-state index in [0.717, 1.165) is 23.9 Å². The van der Waals surface area contributed by atoms with Crippen molar-refractivity contribution >= 4 is 23.1 Å². The van der Waals surface area contributed by atoms with Crippen LogP contribution in [-0.2, 0) is 9.47 Å². The highest BCUT2D eigenvalue weighted by molar-refractivity contribution is 5.90. The maximum atomic E-state index is 12.2. The second-order valence-corrected chi connectivity index (χ2v) is 7.82. The molecule has 1 aliphatic heterocycles. The number of piperidine rings is 1. The third kappa shape index (κ3) is 4.59. The summed E-state index contributed by atoms with van der Waals surface area (Å²) in [6, 6.07) is 6.01. The number of amides is 1. The third-order valence-corrected chi connectivity index (χ3v) is 4.59. The Morgan fingerprint density at radius 3 is 2.59 bits per heavy atom. The first kappa shape index (κ1) is 19.2. The number of aromatic nitrogens is 2. The van der Waals surface area contributed by atoms with Crippen LogP contribution in [0.2, 0.25) is 0 Å². The number of esters is 1. The number of ether oxygens (including phenoxy) is 2. The van der Waals surface area contributed by atoms with Crippen LogP contribution >= 0.6 is 0 Å². The molecule has 1 saturated heterocycles. The van der Waals surface area contributed by atoms with Crippen molar-refractivity contribution in [3.05, 3.63) is 29.6 Å². The highest BCUT2D eigenvalue weighted by atomic mass is 16.6. The molecule has 0 spiro atoms. The fourth-order valence-corrected chi connectivity index (χ4v) is 3.30. The number of nitrogens with zero attached hydrogens (tertiary/aromatic N) is 2. The molecule has 0 unspecified atom stereocenters. The van der Waals surface area contributed by atoms with Crippen molar-refractivity contribution in [3.63, 3.8) is 0 Å². The van der Waals surface area contributed by atoms with Gasteiger partial charge in [-0.3, -0.25) is 0 Å². The minimum atomic E-state index is -0.476. The van der Waals surface area contributed by atoms with Crippen molar-refractivity contribution in [1.29, 1.82) is 0 Å². The first-order valence-corrected chi connectivity index (χ1v) is 9.41. The van der Waals surface area contributed by atoms with Crippen LogP contribution in [0.15, 0.2) is 18.2 Å². The lowest BCUT2D eigenvalue weighted by Gasteiger charge is -2.33. The Bertz CT molecular complexity index is 829. The van der Waals surface area contributed by atoms with Crippen LogP contribution in [0.4, 0.5) is 4.79 Å². The van der Waals surface area contributed by atoms with E-state index in [0.29, 0.717) is 25.6 Å². The second kappa shape index (κ2) is 7.58. The Kier molecular flexibility index (Phi) is 5.39. The van der Waals surface area contributed by atoms with Gasteiger partial charge in [0.25, 0.3) is 0 Å². The average Bonchev–Trinajstić information content (AvgIpc) is 3.04. The molecule has 2 heterocycles. The van der Waals surface area contributed by atoms with Crippen molar-refractivity contribution in [3.8, 4) is 0 Å². The predicted octanol–water partition coefficient (Wildman–Crippen LogP) is 3.85. The molecule has 1 amide bonds. The monoisotopic (exact) mass is 373 g/mol. The third-order valence-electron chi connectivity index (χ3n) is 4.59. The van der Waals surface area contributed by atoms with Gasteiger partial charge in [0, 0.05) is 13.1 Å². The van der Waals surface area contributed by atoms with Gasteiger partial charge < -0.3 is 19.4 Å². The van der Waals surface area contributed by atoms with Gasteiger partial charge >= 0.3 is 12.1 Å². The summed E-state index contributed by atoms with van der Waals surface area (Å²) in [4.78, 5) is 33.1. The number of nitrogens with one attached hydrogen (secondary N) is 1. The lowest BCUT2D eigenvalue weighted by Crippen LogP contribution is -2.41. The largest absolute Gasteiger partial charge is 0.460 e. The molecule has 3 rings (SSSR count). The van der Waals surface area contributed by atoms with E-state index in [-0.39, 0.29) is 11.9 Å². The van der Waals surface area contributed by atoms with E-state index in [9.17, 15) is 9.59 Å². The summed E-state index contributed by atoms with van der Waals surface area (Å²) in [5.41, 5.74) is 2.28. The van der Waals surface area contributed by atoms with E-state index in [1.54, 1.807) is 11.8 Å². The van der Waals surface area contributed by atoms with E-state index >= 15 is 0 Å². The number of rotatable bonds is 3. The molecule has 1 aromatic carbocycles. The summed E-state index contributed by atoms with van der Waals surface area (Å²) in [7, 11) is 0. The molecule has 0 saturated carbocycles. The van der Waals surface area contributed by atoms with E-state index in [2.05, 4.69) is 9.97 Å². The molecule has 7 heteroatoms. The minimum Gasteiger partial charge on any atom is -0.460 e. The first-order chi connectivity index (χ1) is 12.8. The summed E-state index contributed by atoms with van der Waals surface area (Å²) in [6.45, 7) is 9.06. The topological polar surface area (TPSA) is 84.5 Å². The first-order valence-electron chi connectivity index (χ1n) is 9.41. The Morgan fingerprint density at radius 1 is 1.26 bits per heavy atom. The molecule has 7 nitrogen and oxygen atoms in total. The van der Waals surface area contributed by atoms with Crippen molar-refractivity contribution in [1.82, 2.24) is 14.9 Å². The maximum Gasteiger partial charge on any atom is 0.410 e. The molecule has 0 radical (unpaired) electrons. The zero-order chi connectivity index (χ0) is 19.6. The van der Waals surface area contributed by atoms with Crippen molar-refractivity contribution in [2.24, 2.45) is 0 Å². The number of H-pyrrole nitrogens is 1. The number of hydrogen-bond acceptors (Lipinski definition) is 5. The van der Waals surface area contributed by atoms with Crippen LogP contribution in [0.25, 0.3) is 11.0 Å². The van der Waals surface area contributed by atoms with Gasteiger partial charge in [-0.05, 0) is 64.2 Å². The molecule has 0 atom stereocenters. The lowest BCUT2D eigenvalue weighted by atomic mass is 9.89. The number of imidazole rings is 1. The van der Waals surface area contributed by atoms with Gasteiger partial charge in [0.05, 0.1) is 17.6 Å². The Labute approximate surface area is 159 Å². The predicted molar refractivity (Wildman–Crippen MR) is 102 cm³/mol. The van der Waals surface area contributed by atoms with Crippen LogP contribution in [0.3, 0.4) is 0 Å². The van der Waals surface area contributed by atoms with Crippen LogP contribution < -0.4 is 0 Å². The fourth-order valence-electron chi connectivity index (χ4n) is 3.30. The standard InChI is InChI=1S/C20H27N3O4/c1-5-26-18(24)17-21-15-7-6-14(12-16(15)22-17)13-8-10-23(11-9-13)19(25)27-20(2,3)4/h6-7,12-13H,5,8-11H2,1-4H3,(H,21,22). The van der Waals surface area contributed by atoms with Gasteiger partial charge in [0.2, 0.25) is 5.82 Å². The Balaban J connectivity index is 1.66. The summed E-state index contributed by atoms with van der Waals surface area (Å²) < 4.78 is 10.4. The highest BCUT2D eigenvalue weighted by Crippen LogP contribution is 2.30. The van der Waals surface area contributed by atoms with E-state index in [1.165, 1.54) is 5.56 Å². The molecule has 1 aromatic heterocycles. The molecule has 0 bridgehead atoms. The van der Waals surface area contributed by atoms with E-state index in [4.69, 9.17) is 9.47 Å². The number of likely N-dealkylation sites (tertiary alicyclic amines) is 1. The molecule has 1 aliphatic rings.